The second-order valence-electron chi connectivity index (χ2n) is 13.4. The molecule has 6 rings (SSSR count). The molecule has 0 amide bonds. The molecule has 4 heteroatoms. The minimum atomic E-state index is -0.153. The van der Waals surface area contributed by atoms with Gasteiger partial charge in [0.05, 0.1) is 18.3 Å². The molecular formula is C29H44O4. The Morgan fingerprint density at radius 2 is 1.94 bits per heavy atom. The van der Waals surface area contributed by atoms with Crippen molar-refractivity contribution in [1.29, 1.82) is 0 Å². The lowest BCUT2D eigenvalue weighted by molar-refractivity contribution is -0.236. The maximum atomic E-state index is 12.3. The summed E-state index contributed by atoms with van der Waals surface area (Å²) in [4.78, 5) is 12.3. The average molecular weight is 457 g/mol. The topological polar surface area (TPSA) is 48.1 Å². The molecule has 184 valence electrons. The van der Waals surface area contributed by atoms with Gasteiger partial charge in [0, 0.05) is 24.2 Å². The van der Waals surface area contributed by atoms with E-state index < -0.39 is 0 Å². The highest BCUT2D eigenvalue weighted by Gasteiger charge is 2.80. The van der Waals surface area contributed by atoms with E-state index in [9.17, 15) is 4.79 Å². The maximum Gasteiger partial charge on any atom is 0.164 e. The van der Waals surface area contributed by atoms with E-state index in [0.29, 0.717) is 41.5 Å². The minimum absolute atomic E-state index is 0.0305. The fraction of sp³-hybridized carbons (Fsp3) is 0.897. The summed E-state index contributed by atoms with van der Waals surface area (Å²) >= 11 is 0. The van der Waals surface area contributed by atoms with Gasteiger partial charge in [-0.25, -0.2) is 0 Å². The highest BCUT2D eigenvalue weighted by molar-refractivity contribution is 5.79. The second kappa shape index (κ2) is 7.17. The Labute approximate surface area is 200 Å². The Balaban J connectivity index is 1.31. The first-order valence-corrected chi connectivity index (χ1v) is 13.7. The largest absolute Gasteiger partial charge is 0.365 e. The van der Waals surface area contributed by atoms with Gasteiger partial charge in [0.2, 0.25) is 0 Å². The van der Waals surface area contributed by atoms with Crippen molar-refractivity contribution in [2.75, 3.05) is 6.61 Å². The number of carbonyl (C=O) groups is 1. The van der Waals surface area contributed by atoms with E-state index in [1.54, 1.807) is 0 Å². The smallest absolute Gasteiger partial charge is 0.164 e. The number of hydrogen-bond donors (Lipinski definition) is 0. The lowest BCUT2D eigenvalue weighted by atomic mass is 9.42. The highest BCUT2D eigenvalue weighted by Crippen LogP contribution is 2.76. The van der Waals surface area contributed by atoms with Gasteiger partial charge in [-0.2, -0.15) is 0 Å². The first-order valence-electron chi connectivity index (χ1n) is 13.7. The van der Waals surface area contributed by atoms with Crippen molar-refractivity contribution in [3.8, 4) is 0 Å². The fourth-order valence-electron chi connectivity index (χ4n) is 9.78. The van der Waals surface area contributed by atoms with Crippen LogP contribution in [0.2, 0.25) is 0 Å². The van der Waals surface area contributed by atoms with Crippen LogP contribution in [0.1, 0.15) is 92.4 Å². The Hall–Kier alpha value is -0.710. The monoisotopic (exact) mass is 456 g/mol. The summed E-state index contributed by atoms with van der Waals surface area (Å²) in [6.07, 6.45) is 9.39. The van der Waals surface area contributed by atoms with Crippen molar-refractivity contribution in [2.24, 2.45) is 40.4 Å². The summed E-state index contributed by atoms with van der Waals surface area (Å²) in [5.74, 6) is 3.00. The maximum absolute atomic E-state index is 12.3. The molecule has 2 spiro atoms. The molecule has 0 aromatic rings. The molecule has 2 bridgehead atoms. The van der Waals surface area contributed by atoms with Crippen molar-refractivity contribution in [3.63, 3.8) is 0 Å². The lowest BCUT2D eigenvalue weighted by Gasteiger charge is -2.61. The fourth-order valence-corrected chi connectivity index (χ4v) is 9.78. The number of ether oxygens (including phenoxy) is 3. The Morgan fingerprint density at radius 1 is 1.15 bits per heavy atom. The average Bonchev–Trinajstić information content (AvgIpc) is 3.47. The summed E-state index contributed by atoms with van der Waals surface area (Å²) < 4.78 is 20.1. The van der Waals surface area contributed by atoms with Gasteiger partial charge >= 0.3 is 0 Å². The number of Topliss-reactive ketones (excluding diaryl/α,β-unsaturated/α-hetero) is 1. The molecule has 0 radical (unpaired) electrons. The molecular weight excluding hydrogens is 412 g/mol. The van der Waals surface area contributed by atoms with Crippen LogP contribution in [0.3, 0.4) is 0 Å². The second-order valence-corrected chi connectivity index (χ2v) is 13.4. The Kier molecular flexibility index (Phi) is 4.94. The van der Waals surface area contributed by atoms with Gasteiger partial charge in [-0.3, -0.25) is 4.79 Å². The van der Waals surface area contributed by atoms with Crippen LogP contribution in [-0.4, -0.2) is 36.0 Å². The van der Waals surface area contributed by atoms with Gasteiger partial charge in [-0.1, -0.05) is 39.8 Å². The van der Waals surface area contributed by atoms with Gasteiger partial charge in [0.25, 0.3) is 0 Å². The first-order chi connectivity index (χ1) is 15.6. The van der Waals surface area contributed by atoms with Gasteiger partial charge in [0.15, 0.2) is 6.29 Å². The predicted molar refractivity (Wildman–Crippen MR) is 128 cm³/mol. The van der Waals surface area contributed by atoms with Crippen LogP contribution < -0.4 is 0 Å². The molecule has 3 aliphatic heterocycles. The third kappa shape index (κ3) is 2.84. The summed E-state index contributed by atoms with van der Waals surface area (Å²) in [6.45, 7) is 17.0. The van der Waals surface area contributed by atoms with E-state index in [1.807, 2.05) is 0 Å². The van der Waals surface area contributed by atoms with Crippen LogP contribution in [0.15, 0.2) is 12.2 Å². The van der Waals surface area contributed by atoms with Crippen LogP contribution in [0.25, 0.3) is 0 Å². The Bertz CT molecular complexity index is 866. The van der Waals surface area contributed by atoms with Gasteiger partial charge in [-0.15, -0.1) is 0 Å². The van der Waals surface area contributed by atoms with Crippen LogP contribution in [0.4, 0.5) is 0 Å². The number of epoxide rings is 1. The molecule has 3 heterocycles. The van der Waals surface area contributed by atoms with E-state index in [1.165, 1.54) is 18.4 Å². The zero-order chi connectivity index (χ0) is 23.4. The lowest BCUT2D eigenvalue weighted by Crippen LogP contribution is -2.63. The van der Waals surface area contributed by atoms with E-state index >= 15 is 0 Å². The Morgan fingerprint density at radius 3 is 2.70 bits per heavy atom. The molecule has 6 aliphatic rings. The molecule has 10 atom stereocenters. The zero-order valence-electron chi connectivity index (χ0n) is 21.5. The number of allylic oxidation sites excluding steroid dienone is 1. The number of rotatable bonds is 4. The number of fused-ring (bicyclic) bond motifs is 2. The normalized spacial score (nSPS) is 54.7. The summed E-state index contributed by atoms with van der Waals surface area (Å²) in [7, 11) is 0. The molecule has 0 N–H and O–H groups in total. The molecule has 3 aliphatic carbocycles. The van der Waals surface area contributed by atoms with Crippen LogP contribution >= 0.6 is 0 Å². The number of ketones is 1. The molecule has 3 saturated heterocycles. The third-order valence-electron chi connectivity index (χ3n) is 12.0. The molecule has 33 heavy (non-hydrogen) atoms. The van der Waals surface area contributed by atoms with Crippen molar-refractivity contribution < 1.29 is 19.0 Å². The van der Waals surface area contributed by atoms with Crippen LogP contribution in [-0.2, 0) is 19.0 Å². The summed E-state index contributed by atoms with van der Waals surface area (Å²) in [5, 5.41) is 0. The predicted octanol–water partition coefficient (Wildman–Crippen LogP) is 6.08. The van der Waals surface area contributed by atoms with Gasteiger partial charge in [-0.05, 0) is 81.0 Å². The number of hydrogen-bond acceptors (Lipinski definition) is 4. The summed E-state index contributed by atoms with van der Waals surface area (Å²) in [5.41, 5.74) is 1.43. The molecule has 4 nitrogen and oxygen atoms in total. The molecule has 0 aromatic carbocycles. The highest BCUT2D eigenvalue weighted by atomic mass is 16.7. The van der Waals surface area contributed by atoms with Crippen molar-refractivity contribution in [1.82, 2.24) is 0 Å². The zero-order valence-corrected chi connectivity index (χ0v) is 21.5. The molecule has 0 aromatic heterocycles. The first kappa shape index (κ1) is 22.7. The van der Waals surface area contributed by atoms with E-state index in [0.717, 1.165) is 51.6 Å². The SMILES string of the molecule is C=C(CCC1(C)OC2OCCC1C21CC[C@@H]2C3(C)CCC(=O)CC3CC3OC32C1C)C(C)C. The van der Waals surface area contributed by atoms with Crippen molar-refractivity contribution >= 4 is 5.78 Å². The van der Waals surface area contributed by atoms with Crippen molar-refractivity contribution in [2.45, 2.75) is 116 Å². The molecule has 9 unspecified atom stereocenters. The quantitative estimate of drug-likeness (QED) is 0.380. The van der Waals surface area contributed by atoms with E-state index in [4.69, 9.17) is 14.2 Å². The van der Waals surface area contributed by atoms with E-state index in [2.05, 4.69) is 41.2 Å². The van der Waals surface area contributed by atoms with Gasteiger partial charge in [0.1, 0.15) is 11.4 Å². The van der Waals surface area contributed by atoms with Crippen molar-refractivity contribution in [3.05, 3.63) is 12.2 Å². The van der Waals surface area contributed by atoms with Gasteiger partial charge < -0.3 is 14.2 Å². The molecule has 6 fully saturated rings. The third-order valence-corrected chi connectivity index (χ3v) is 12.0. The van der Waals surface area contributed by atoms with Crippen LogP contribution in [0, 0.1) is 40.4 Å². The summed E-state index contributed by atoms with van der Waals surface area (Å²) in [6, 6.07) is 0. The minimum Gasteiger partial charge on any atom is -0.365 e. The molecule has 3 saturated carbocycles. The number of carbonyl (C=O) groups excluding carboxylic acids is 1. The standard InChI is InChI=1S/C29H44O4/c1-17(2)18(3)7-12-27(6)23-10-14-31-25(33-27)28(23)13-9-22-26(5)11-8-21(30)15-20(26)16-24-29(22,32-24)19(28)4/h17,19-20,22-25H,3,7-16H2,1-2,4-6H3/t19?,20?,22-,23?,24?,25?,26?,27?,28?,29?/m1/s1. The van der Waals surface area contributed by atoms with E-state index in [-0.39, 0.29) is 28.3 Å². The van der Waals surface area contributed by atoms with Crippen LogP contribution in [0.5, 0.6) is 0 Å².